The van der Waals surface area contributed by atoms with Crippen molar-refractivity contribution in [3.8, 4) is 0 Å². The van der Waals surface area contributed by atoms with Gasteiger partial charge in [0.05, 0.1) is 12.5 Å². The molecule has 1 spiro atoms. The van der Waals surface area contributed by atoms with E-state index in [1.165, 1.54) is 0 Å². The third-order valence-corrected chi connectivity index (χ3v) is 5.28. The topological polar surface area (TPSA) is 49.9 Å². The lowest BCUT2D eigenvalue weighted by Gasteiger charge is -2.46. The number of carbonyl (C=O) groups is 2. The Morgan fingerprint density at radius 1 is 1.30 bits per heavy atom. The van der Waals surface area contributed by atoms with Crippen molar-refractivity contribution in [1.29, 1.82) is 0 Å². The zero-order valence-electron chi connectivity index (χ0n) is 12.3. The smallest absolute Gasteiger partial charge is 0.228 e. The molecule has 0 aromatic carbocycles. The Morgan fingerprint density at radius 2 is 2.05 bits per heavy atom. The minimum absolute atomic E-state index is 0.0830. The van der Waals surface area contributed by atoms with E-state index in [0.29, 0.717) is 13.0 Å². The van der Waals surface area contributed by atoms with Crippen molar-refractivity contribution in [3.63, 3.8) is 0 Å². The molecule has 0 radical (unpaired) electrons. The molecule has 1 atom stereocenters. The maximum absolute atomic E-state index is 12.4. The Bertz CT molecular complexity index is 396. The number of piperidine rings is 2. The summed E-state index contributed by atoms with van der Waals surface area (Å²) < 4.78 is 5.31. The molecule has 3 heterocycles. The molecule has 2 amide bonds. The number of amides is 2. The molecular weight excluding hydrogens is 256 g/mol. The summed E-state index contributed by atoms with van der Waals surface area (Å²) in [6.07, 6.45) is 4.59. The second kappa shape index (κ2) is 5.35. The lowest BCUT2D eigenvalue weighted by Crippen LogP contribution is -2.52. The average Bonchev–Trinajstić information content (AvgIpc) is 2.98. The minimum atomic E-state index is 0.0830. The van der Waals surface area contributed by atoms with Gasteiger partial charge in [-0.05, 0) is 31.1 Å². The van der Waals surface area contributed by atoms with Crippen LogP contribution in [0.1, 0.15) is 32.1 Å². The second-order valence-corrected chi connectivity index (χ2v) is 6.64. The number of rotatable bonds is 1. The minimum Gasteiger partial charge on any atom is -0.381 e. The SMILES string of the molecule is CN1CC2(CCC1=O)CCN(C(=O)[C@H]1CCOC1)CC2. The molecule has 3 fully saturated rings. The van der Waals surface area contributed by atoms with Gasteiger partial charge in [0, 0.05) is 39.7 Å². The highest BCUT2D eigenvalue weighted by atomic mass is 16.5. The normalized spacial score (nSPS) is 30.1. The highest BCUT2D eigenvalue weighted by Gasteiger charge is 2.41. The molecule has 3 aliphatic rings. The molecule has 112 valence electrons. The van der Waals surface area contributed by atoms with Gasteiger partial charge < -0.3 is 14.5 Å². The molecule has 0 saturated carbocycles. The van der Waals surface area contributed by atoms with Crippen LogP contribution >= 0.6 is 0 Å². The zero-order valence-corrected chi connectivity index (χ0v) is 12.3. The molecule has 0 unspecified atom stereocenters. The van der Waals surface area contributed by atoms with Crippen molar-refractivity contribution in [2.24, 2.45) is 11.3 Å². The van der Waals surface area contributed by atoms with Crippen LogP contribution in [0, 0.1) is 11.3 Å². The van der Waals surface area contributed by atoms with Gasteiger partial charge in [-0.25, -0.2) is 0 Å². The van der Waals surface area contributed by atoms with Crippen molar-refractivity contribution < 1.29 is 14.3 Å². The molecule has 0 bridgehead atoms. The predicted octanol–water partition coefficient (Wildman–Crippen LogP) is 0.884. The van der Waals surface area contributed by atoms with Crippen LogP contribution in [0.25, 0.3) is 0 Å². The highest BCUT2D eigenvalue weighted by Crippen LogP contribution is 2.40. The summed E-state index contributed by atoms with van der Waals surface area (Å²) in [4.78, 5) is 27.9. The van der Waals surface area contributed by atoms with Crippen LogP contribution in [-0.4, -0.2) is 61.5 Å². The molecule has 3 rings (SSSR count). The fourth-order valence-electron chi connectivity index (χ4n) is 3.83. The van der Waals surface area contributed by atoms with Gasteiger partial charge >= 0.3 is 0 Å². The van der Waals surface area contributed by atoms with E-state index in [9.17, 15) is 9.59 Å². The lowest BCUT2D eigenvalue weighted by atomic mass is 9.72. The Labute approximate surface area is 120 Å². The van der Waals surface area contributed by atoms with E-state index in [0.717, 1.165) is 51.9 Å². The zero-order chi connectivity index (χ0) is 14.2. The maximum Gasteiger partial charge on any atom is 0.228 e. The van der Waals surface area contributed by atoms with Crippen molar-refractivity contribution in [2.75, 3.05) is 39.9 Å². The number of likely N-dealkylation sites (tertiary alicyclic amines) is 2. The van der Waals surface area contributed by atoms with E-state index in [1.807, 2.05) is 16.8 Å². The number of hydrogen-bond donors (Lipinski definition) is 0. The van der Waals surface area contributed by atoms with Gasteiger partial charge in [0.1, 0.15) is 0 Å². The number of ether oxygens (including phenoxy) is 1. The molecule has 0 aliphatic carbocycles. The third kappa shape index (κ3) is 2.55. The Balaban J connectivity index is 1.56. The fraction of sp³-hybridized carbons (Fsp3) is 0.867. The second-order valence-electron chi connectivity index (χ2n) is 6.64. The van der Waals surface area contributed by atoms with Crippen molar-refractivity contribution >= 4 is 11.8 Å². The average molecular weight is 280 g/mol. The van der Waals surface area contributed by atoms with Gasteiger partial charge in [0.2, 0.25) is 11.8 Å². The van der Waals surface area contributed by atoms with E-state index in [1.54, 1.807) is 0 Å². The van der Waals surface area contributed by atoms with Crippen LogP contribution in [0.2, 0.25) is 0 Å². The van der Waals surface area contributed by atoms with Crippen LogP contribution in [-0.2, 0) is 14.3 Å². The Hall–Kier alpha value is -1.10. The highest BCUT2D eigenvalue weighted by molar-refractivity contribution is 5.79. The van der Waals surface area contributed by atoms with Gasteiger partial charge in [0.25, 0.3) is 0 Å². The van der Waals surface area contributed by atoms with Crippen LogP contribution in [0.3, 0.4) is 0 Å². The van der Waals surface area contributed by atoms with Gasteiger partial charge in [-0.2, -0.15) is 0 Å². The van der Waals surface area contributed by atoms with E-state index in [4.69, 9.17) is 4.74 Å². The first kappa shape index (κ1) is 13.9. The molecule has 0 aromatic rings. The molecule has 5 nitrogen and oxygen atoms in total. The van der Waals surface area contributed by atoms with Crippen LogP contribution in [0.4, 0.5) is 0 Å². The van der Waals surface area contributed by atoms with Crippen LogP contribution < -0.4 is 0 Å². The summed E-state index contributed by atoms with van der Waals surface area (Å²) in [7, 11) is 1.90. The van der Waals surface area contributed by atoms with E-state index in [-0.39, 0.29) is 23.1 Å². The Morgan fingerprint density at radius 3 is 2.65 bits per heavy atom. The van der Waals surface area contributed by atoms with Crippen LogP contribution in [0.15, 0.2) is 0 Å². The summed E-state index contributed by atoms with van der Waals surface area (Å²) in [5.74, 6) is 0.620. The van der Waals surface area contributed by atoms with E-state index in [2.05, 4.69) is 0 Å². The van der Waals surface area contributed by atoms with Crippen molar-refractivity contribution in [3.05, 3.63) is 0 Å². The maximum atomic E-state index is 12.4. The molecular formula is C15H24N2O3. The van der Waals surface area contributed by atoms with E-state index >= 15 is 0 Å². The summed E-state index contributed by atoms with van der Waals surface area (Å²) >= 11 is 0. The van der Waals surface area contributed by atoms with Gasteiger partial charge in [-0.15, -0.1) is 0 Å². The van der Waals surface area contributed by atoms with Gasteiger partial charge in [-0.1, -0.05) is 0 Å². The summed E-state index contributed by atoms with van der Waals surface area (Å²) in [6.45, 7) is 3.87. The lowest BCUT2D eigenvalue weighted by molar-refractivity contribution is -0.143. The fourth-order valence-corrected chi connectivity index (χ4v) is 3.83. The molecule has 0 aromatic heterocycles. The Kier molecular flexibility index (Phi) is 3.71. The first-order valence-corrected chi connectivity index (χ1v) is 7.70. The monoisotopic (exact) mass is 280 g/mol. The van der Waals surface area contributed by atoms with E-state index < -0.39 is 0 Å². The predicted molar refractivity (Wildman–Crippen MR) is 74.0 cm³/mol. The summed E-state index contributed by atoms with van der Waals surface area (Å²) in [5.41, 5.74) is 0.256. The van der Waals surface area contributed by atoms with Gasteiger partial charge in [0.15, 0.2) is 0 Å². The first-order chi connectivity index (χ1) is 9.60. The molecule has 20 heavy (non-hydrogen) atoms. The summed E-state index contributed by atoms with van der Waals surface area (Å²) in [6, 6.07) is 0. The molecule has 0 N–H and O–H groups in total. The van der Waals surface area contributed by atoms with Crippen molar-refractivity contribution in [1.82, 2.24) is 9.80 Å². The number of hydrogen-bond acceptors (Lipinski definition) is 3. The first-order valence-electron chi connectivity index (χ1n) is 7.70. The summed E-state index contributed by atoms with van der Waals surface area (Å²) in [5, 5.41) is 0. The molecule has 5 heteroatoms. The molecule has 3 aliphatic heterocycles. The standard InChI is InChI=1S/C15H24N2O3/c1-16-11-15(4-2-13(16)18)5-7-17(8-6-15)14(19)12-3-9-20-10-12/h12H,2-11H2,1H3/t12-/m0/s1. The van der Waals surface area contributed by atoms with Gasteiger partial charge in [-0.3, -0.25) is 9.59 Å². The quantitative estimate of drug-likeness (QED) is 0.716. The third-order valence-electron chi connectivity index (χ3n) is 5.28. The molecule has 3 saturated heterocycles. The van der Waals surface area contributed by atoms with Crippen molar-refractivity contribution in [2.45, 2.75) is 32.1 Å². The largest absolute Gasteiger partial charge is 0.381 e. The number of carbonyl (C=O) groups excluding carboxylic acids is 2. The van der Waals surface area contributed by atoms with Crippen LogP contribution in [0.5, 0.6) is 0 Å². The number of nitrogens with zero attached hydrogens (tertiary/aromatic N) is 2.